The maximum absolute atomic E-state index is 11.9. The fourth-order valence-electron chi connectivity index (χ4n) is 1.96. The average molecular weight is 273 g/mol. The molecule has 0 saturated carbocycles. The number of nitrogen functional groups attached to an aromatic ring is 1. The number of ketones is 1. The molecule has 1 heterocycles. The Bertz CT molecular complexity index is 542. The molecule has 19 heavy (non-hydrogen) atoms. The van der Waals surface area contributed by atoms with Crippen molar-refractivity contribution < 1.29 is 4.79 Å². The van der Waals surface area contributed by atoms with Crippen molar-refractivity contribution in [3.8, 4) is 0 Å². The van der Waals surface area contributed by atoms with E-state index in [-0.39, 0.29) is 0 Å². The number of aryl methyl sites for hydroxylation is 2. The Hall–Kier alpha value is -1.61. The summed E-state index contributed by atoms with van der Waals surface area (Å²) in [6.07, 6.45) is 3.01. The zero-order valence-electron chi connectivity index (χ0n) is 11.2. The van der Waals surface area contributed by atoms with Crippen molar-refractivity contribution in [1.82, 2.24) is 0 Å². The number of anilines is 1. The Labute approximate surface area is 118 Å². The second kappa shape index (κ2) is 6.53. The van der Waals surface area contributed by atoms with Gasteiger partial charge in [0.2, 0.25) is 0 Å². The molecule has 100 valence electrons. The average Bonchev–Trinajstić information content (AvgIpc) is 2.86. The van der Waals surface area contributed by atoms with E-state index in [1.807, 2.05) is 24.3 Å². The number of nitrogens with two attached hydrogens (primary N) is 1. The fourth-order valence-corrected chi connectivity index (χ4v) is 2.94. The number of thiophene rings is 1. The predicted molar refractivity (Wildman–Crippen MR) is 81.6 cm³/mol. The standard InChI is InChI=1S/C16H19NOS/c1-2-15-9-10-16(19-15)11-14(18)8-5-12-3-6-13(17)7-4-12/h3-4,6-7,9-10H,2,5,8,11,17H2,1H3. The first-order valence-corrected chi connectivity index (χ1v) is 7.42. The third-order valence-corrected chi connectivity index (χ3v) is 4.34. The molecule has 0 fully saturated rings. The number of rotatable bonds is 6. The molecule has 0 aliphatic carbocycles. The van der Waals surface area contributed by atoms with Gasteiger partial charge in [-0.1, -0.05) is 19.1 Å². The van der Waals surface area contributed by atoms with Gasteiger partial charge in [-0.2, -0.15) is 0 Å². The second-order valence-electron chi connectivity index (χ2n) is 4.68. The molecule has 0 spiro atoms. The summed E-state index contributed by atoms with van der Waals surface area (Å²) in [7, 11) is 0. The van der Waals surface area contributed by atoms with Crippen molar-refractivity contribution in [2.24, 2.45) is 0 Å². The highest BCUT2D eigenvalue weighted by molar-refractivity contribution is 7.12. The van der Waals surface area contributed by atoms with E-state index in [0.717, 1.165) is 18.5 Å². The van der Waals surface area contributed by atoms with Gasteiger partial charge >= 0.3 is 0 Å². The second-order valence-corrected chi connectivity index (χ2v) is 5.93. The molecule has 1 aromatic carbocycles. The number of benzene rings is 1. The fraction of sp³-hybridized carbons (Fsp3) is 0.312. The third kappa shape index (κ3) is 4.21. The predicted octanol–water partition coefficient (Wildman–Crippen LogP) is 3.64. The van der Waals surface area contributed by atoms with Gasteiger partial charge in [-0.05, 0) is 42.7 Å². The molecule has 0 unspecified atom stereocenters. The first kappa shape index (κ1) is 13.8. The smallest absolute Gasteiger partial charge is 0.138 e. The van der Waals surface area contributed by atoms with E-state index < -0.39 is 0 Å². The molecule has 0 atom stereocenters. The quantitative estimate of drug-likeness (QED) is 0.817. The molecule has 2 rings (SSSR count). The normalized spacial score (nSPS) is 10.6. The van der Waals surface area contributed by atoms with Crippen LogP contribution in [0.3, 0.4) is 0 Å². The van der Waals surface area contributed by atoms with Gasteiger partial charge in [0.05, 0.1) is 0 Å². The molecule has 2 nitrogen and oxygen atoms in total. The number of carbonyl (C=O) groups is 1. The lowest BCUT2D eigenvalue weighted by atomic mass is 10.1. The Morgan fingerprint density at radius 2 is 1.79 bits per heavy atom. The van der Waals surface area contributed by atoms with E-state index in [9.17, 15) is 4.79 Å². The largest absolute Gasteiger partial charge is 0.399 e. The minimum atomic E-state index is 0.307. The molecule has 0 aliphatic rings. The van der Waals surface area contributed by atoms with Gasteiger partial charge in [-0.15, -0.1) is 11.3 Å². The Kier molecular flexibility index (Phi) is 4.74. The van der Waals surface area contributed by atoms with Crippen molar-refractivity contribution in [3.05, 3.63) is 51.7 Å². The van der Waals surface area contributed by atoms with Gasteiger partial charge in [0, 0.05) is 28.3 Å². The molecule has 0 saturated heterocycles. The summed E-state index contributed by atoms with van der Waals surface area (Å²) in [4.78, 5) is 14.5. The monoisotopic (exact) mass is 273 g/mol. The lowest BCUT2D eigenvalue weighted by molar-refractivity contribution is -0.118. The minimum Gasteiger partial charge on any atom is -0.399 e. The van der Waals surface area contributed by atoms with Gasteiger partial charge < -0.3 is 5.73 Å². The van der Waals surface area contributed by atoms with E-state index in [4.69, 9.17) is 5.73 Å². The molecule has 1 aromatic heterocycles. The van der Waals surface area contributed by atoms with Crippen molar-refractivity contribution in [3.63, 3.8) is 0 Å². The van der Waals surface area contributed by atoms with Crippen molar-refractivity contribution in [2.75, 3.05) is 5.73 Å². The summed E-state index contributed by atoms with van der Waals surface area (Å²) >= 11 is 1.75. The van der Waals surface area contributed by atoms with Crippen LogP contribution in [0.5, 0.6) is 0 Å². The Morgan fingerprint density at radius 3 is 2.42 bits per heavy atom. The SMILES string of the molecule is CCc1ccc(CC(=O)CCc2ccc(N)cc2)s1. The van der Waals surface area contributed by atoms with Crippen LogP contribution >= 0.6 is 11.3 Å². The Morgan fingerprint density at radius 1 is 1.11 bits per heavy atom. The first-order chi connectivity index (χ1) is 9.17. The van der Waals surface area contributed by atoms with Crippen LogP contribution in [0.2, 0.25) is 0 Å². The van der Waals surface area contributed by atoms with Crippen LogP contribution in [0.15, 0.2) is 36.4 Å². The highest BCUT2D eigenvalue weighted by Gasteiger charge is 2.06. The zero-order chi connectivity index (χ0) is 13.7. The van der Waals surface area contributed by atoms with Crippen LogP contribution < -0.4 is 5.73 Å². The number of Topliss-reactive ketones (excluding diaryl/α,β-unsaturated/α-hetero) is 1. The first-order valence-electron chi connectivity index (χ1n) is 6.61. The number of carbonyl (C=O) groups excluding carboxylic acids is 1. The van der Waals surface area contributed by atoms with E-state index in [0.29, 0.717) is 18.6 Å². The summed E-state index contributed by atoms with van der Waals surface area (Å²) in [6, 6.07) is 11.9. The van der Waals surface area contributed by atoms with Gasteiger partial charge in [0.15, 0.2) is 0 Å². The van der Waals surface area contributed by atoms with E-state index >= 15 is 0 Å². The number of hydrogen-bond acceptors (Lipinski definition) is 3. The van der Waals surface area contributed by atoms with Crippen LogP contribution in [-0.4, -0.2) is 5.78 Å². The van der Waals surface area contributed by atoms with Gasteiger partial charge in [0.1, 0.15) is 5.78 Å². The van der Waals surface area contributed by atoms with Crippen molar-refractivity contribution in [1.29, 1.82) is 0 Å². The summed E-state index contributed by atoms with van der Waals surface area (Å²) in [5, 5.41) is 0. The van der Waals surface area contributed by atoms with Crippen LogP contribution in [0, 0.1) is 0 Å². The van der Waals surface area contributed by atoms with Crippen LogP contribution in [0.4, 0.5) is 5.69 Å². The van der Waals surface area contributed by atoms with E-state index in [2.05, 4.69) is 19.1 Å². The lowest BCUT2D eigenvalue weighted by Crippen LogP contribution is -2.03. The van der Waals surface area contributed by atoms with Crippen molar-refractivity contribution >= 4 is 22.8 Å². The third-order valence-electron chi connectivity index (χ3n) is 3.11. The lowest BCUT2D eigenvalue weighted by Gasteiger charge is -2.01. The molecular weight excluding hydrogens is 254 g/mol. The van der Waals surface area contributed by atoms with Crippen LogP contribution in [0.25, 0.3) is 0 Å². The molecule has 0 amide bonds. The van der Waals surface area contributed by atoms with Gasteiger partial charge in [-0.3, -0.25) is 4.79 Å². The van der Waals surface area contributed by atoms with Crippen LogP contribution in [-0.2, 0) is 24.1 Å². The molecular formula is C16H19NOS. The topological polar surface area (TPSA) is 43.1 Å². The van der Waals surface area contributed by atoms with Gasteiger partial charge in [0.25, 0.3) is 0 Å². The molecule has 2 aromatic rings. The zero-order valence-corrected chi connectivity index (χ0v) is 12.0. The van der Waals surface area contributed by atoms with Gasteiger partial charge in [-0.25, -0.2) is 0 Å². The van der Waals surface area contributed by atoms with Crippen LogP contribution in [0.1, 0.15) is 28.7 Å². The molecule has 0 bridgehead atoms. The van der Waals surface area contributed by atoms with E-state index in [1.165, 1.54) is 15.3 Å². The maximum Gasteiger partial charge on any atom is 0.138 e. The molecule has 3 heteroatoms. The molecule has 2 N–H and O–H groups in total. The minimum absolute atomic E-state index is 0.307. The molecule has 0 radical (unpaired) electrons. The Balaban J connectivity index is 1.82. The van der Waals surface area contributed by atoms with Crippen molar-refractivity contribution in [2.45, 2.75) is 32.6 Å². The summed E-state index contributed by atoms with van der Waals surface area (Å²) in [6.45, 7) is 2.14. The summed E-state index contributed by atoms with van der Waals surface area (Å²) < 4.78 is 0. The van der Waals surface area contributed by atoms with E-state index in [1.54, 1.807) is 11.3 Å². The highest BCUT2D eigenvalue weighted by Crippen LogP contribution is 2.18. The molecule has 0 aliphatic heterocycles. The number of hydrogen-bond donors (Lipinski definition) is 1. The summed E-state index contributed by atoms with van der Waals surface area (Å²) in [5.41, 5.74) is 7.57. The highest BCUT2D eigenvalue weighted by atomic mass is 32.1. The summed E-state index contributed by atoms with van der Waals surface area (Å²) in [5.74, 6) is 0.307. The maximum atomic E-state index is 11.9.